The predicted molar refractivity (Wildman–Crippen MR) is 28.5 cm³/mol. The van der Waals surface area contributed by atoms with Gasteiger partial charge in [-0.15, -0.1) is 0 Å². The minimum atomic E-state index is 0.208. The topological polar surface area (TPSA) is 38.5 Å². The molecule has 1 unspecified atom stereocenters. The Morgan fingerprint density at radius 2 is 2.71 bits per heavy atom. The highest BCUT2D eigenvalue weighted by molar-refractivity contribution is 8.03. The third-order valence-corrected chi connectivity index (χ3v) is 2.17. The Hall–Kier alpha value is -0.150. The van der Waals surface area contributed by atoms with E-state index in [0.717, 1.165) is 16.6 Å². The van der Waals surface area contributed by atoms with Crippen LogP contribution in [0.5, 0.6) is 0 Å². The Morgan fingerprint density at radius 3 is 2.86 bits per heavy atom. The summed E-state index contributed by atoms with van der Waals surface area (Å²) in [6, 6.07) is 0.208. The number of ether oxygens (including phenoxy) is 1. The summed E-state index contributed by atoms with van der Waals surface area (Å²) >= 11 is 1.71. The van der Waals surface area contributed by atoms with E-state index in [9.17, 15) is 0 Å². The molecule has 0 aromatic carbocycles. The van der Waals surface area contributed by atoms with Crippen LogP contribution in [0.1, 0.15) is 0 Å². The number of hydrogen-bond acceptors (Lipinski definition) is 3. The van der Waals surface area contributed by atoms with Gasteiger partial charge in [0.2, 0.25) is 5.09 Å². The van der Waals surface area contributed by atoms with Crippen LogP contribution in [0.25, 0.3) is 0 Å². The van der Waals surface area contributed by atoms with Crippen molar-refractivity contribution in [2.45, 2.75) is 6.04 Å². The van der Waals surface area contributed by atoms with Gasteiger partial charge in [0.15, 0.2) is 5.76 Å². The summed E-state index contributed by atoms with van der Waals surface area (Å²) in [6.45, 7) is 0. The number of rotatable bonds is 0. The average Bonchev–Trinajstić information content (AvgIpc) is 2.33. The highest BCUT2D eigenvalue weighted by atomic mass is 32.2. The minimum absolute atomic E-state index is 0.208. The molecule has 38 valence electrons. The van der Waals surface area contributed by atoms with E-state index < -0.39 is 0 Å². The molecule has 0 saturated carbocycles. The van der Waals surface area contributed by atoms with Crippen molar-refractivity contribution in [3.8, 4) is 0 Å². The zero-order valence-electron chi connectivity index (χ0n) is 3.68. The van der Waals surface area contributed by atoms with Crippen LogP contribution in [0.3, 0.4) is 0 Å². The fraction of sp³-hybridized carbons (Fsp3) is 0.500. The lowest BCUT2D eigenvalue weighted by atomic mass is 10.4. The number of thioether (sulfide) groups is 1. The second-order valence-electron chi connectivity index (χ2n) is 1.67. The van der Waals surface area contributed by atoms with Crippen LogP contribution in [-0.4, -0.2) is 11.8 Å². The quantitative estimate of drug-likeness (QED) is 0.492. The summed E-state index contributed by atoms with van der Waals surface area (Å²) in [5.74, 6) is 2.05. The van der Waals surface area contributed by atoms with E-state index >= 15 is 0 Å². The van der Waals surface area contributed by atoms with Crippen LogP contribution in [-0.2, 0) is 4.74 Å². The summed E-state index contributed by atoms with van der Waals surface area (Å²) in [6.07, 6.45) is 0. The zero-order valence-corrected chi connectivity index (χ0v) is 4.49. The van der Waals surface area contributed by atoms with Crippen molar-refractivity contribution in [1.82, 2.24) is 0 Å². The Kier molecular flexibility index (Phi) is 0.533. The van der Waals surface area contributed by atoms with E-state index in [2.05, 4.69) is 0 Å². The van der Waals surface area contributed by atoms with E-state index in [4.69, 9.17) is 10.5 Å². The fourth-order valence-electron chi connectivity index (χ4n) is 0.643. The monoisotopic (exact) mass is 115 g/mol. The largest absolute Gasteiger partial charge is 0.445 e. The van der Waals surface area contributed by atoms with E-state index in [1.54, 1.807) is 11.8 Å². The molecular weight excluding hydrogens is 110 g/mol. The van der Waals surface area contributed by atoms with Gasteiger partial charge in [-0.2, -0.15) is 0 Å². The lowest BCUT2D eigenvalue weighted by Gasteiger charge is -1.98. The van der Waals surface area contributed by atoms with Gasteiger partial charge in [-0.25, -0.2) is 0 Å². The highest BCUT2D eigenvalue weighted by Gasteiger charge is 2.37. The third kappa shape index (κ3) is 0.393. The van der Waals surface area contributed by atoms with Gasteiger partial charge < -0.3 is 10.5 Å². The molecule has 2 rings (SSSR count). The normalized spacial score (nSPS) is 35.3. The molecule has 0 aromatic heterocycles. The molecule has 7 heavy (non-hydrogen) atoms. The Morgan fingerprint density at radius 1 is 1.86 bits per heavy atom. The molecule has 2 nitrogen and oxygen atoms in total. The maximum Gasteiger partial charge on any atom is 0.200 e. The van der Waals surface area contributed by atoms with Crippen LogP contribution in [0.4, 0.5) is 0 Å². The molecule has 0 aromatic rings. The molecule has 2 heterocycles. The molecule has 0 bridgehead atoms. The summed E-state index contributed by atoms with van der Waals surface area (Å²) in [5, 5.41) is 1.08. The van der Waals surface area contributed by atoms with Crippen LogP contribution in [0, 0.1) is 0 Å². The van der Waals surface area contributed by atoms with Gasteiger partial charge in [-0.3, -0.25) is 0 Å². The van der Waals surface area contributed by atoms with Crippen LogP contribution >= 0.6 is 11.8 Å². The number of nitrogens with two attached hydrogens (primary N) is 1. The smallest absolute Gasteiger partial charge is 0.200 e. The van der Waals surface area contributed by atoms with Gasteiger partial charge >= 0.3 is 0 Å². The maximum absolute atomic E-state index is 5.52. The molecule has 0 fully saturated rings. The average molecular weight is 115 g/mol. The van der Waals surface area contributed by atoms with Gasteiger partial charge in [0.25, 0.3) is 0 Å². The standard InChI is InChI=1S/C4H5NOS/c5-2-1-7-4-3(2)6-4/h2H,1,5H2. The van der Waals surface area contributed by atoms with Gasteiger partial charge in [0, 0.05) is 5.75 Å². The van der Waals surface area contributed by atoms with E-state index in [1.807, 2.05) is 0 Å². The van der Waals surface area contributed by atoms with Crippen molar-refractivity contribution >= 4 is 11.8 Å². The zero-order chi connectivity index (χ0) is 4.85. The van der Waals surface area contributed by atoms with Crippen molar-refractivity contribution in [1.29, 1.82) is 0 Å². The summed E-state index contributed by atoms with van der Waals surface area (Å²) in [7, 11) is 0. The molecule has 3 heteroatoms. The molecule has 2 aliphatic rings. The molecule has 0 saturated heterocycles. The highest BCUT2D eigenvalue weighted by Crippen LogP contribution is 2.45. The van der Waals surface area contributed by atoms with Crippen LogP contribution in [0.2, 0.25) is 0 Å². The van der Waals surface area contributed by atoms with Crippen LogP contribution in [0.15, 0.2) is 10.9 Å². The van der Waals surface area contributed by atoms with Gasteiger partial charge in [0.05, 0.1) is 6.04 Å². The first-order chi connectivity index (χ1) is 3.38. The minimum Gasteiger partial charge on any atom is -0.445 e. The van der Waals surface area contributed by atoms with Gasteiger partial charge in [-0.05, 0) is 0 Å². The lowest BCUT2D eigenvalue weighted by Crippen LogP contribution is -2.20. The molecule has 1 atom stereocenters. The molecule has 0 amide bonds. The first-order valence-corrected chi connectivity index (χ1v) is 3.17. The van der Waals surface area contributed by atoms with Crippen LogP contribution < -0.4 is 5.73 Å². The SMILES string of the molecule is NC1CSC2=C1O2. The fourth-order valence-corrected chi connectivity index (χ4v) is 1.57. The van der Waals surface area contributed by atoms with Crippen molar-refractivity contribution in [3.05, 3.63) is 10.9 Å². The molecular formula is C4H5NOS. The van der Waals surface area contributed by atoms with E-state index in [0.29, 0.717) is 0 Å². The second-order valence-corrected chi connectivity index (χ2v) is 2.66. The lowest BCUT2D eigenvalue weighted by molar-refractivity contribution is 0.457. The molecule has 2 aliphatic heterocycles. The number of hydrogen-bond donors (Lipinski definition) is 1. The third-order valence-electron chi connectivity index (χ3n) is 1.09. The Balaban J connectivity index is 2.24. The van der Waals surface area contributed by atoms with E-state index in [1.165, 1.54) is 0 Å². The van der Waals surface area contributed by atoms with E-state index in [-0.39, 0.29) is 6.04 Å². The molecule has 0 spiro atoms. The Labute approximate surface area is 45.7 Å². The second kappa shape index (κ2) is 0.980. The molecule has 0 radical (unpaired) electrons. The van der Waals surface area contributed by atoms with Gasteiger partial charge in [-0.1, -0.05) is 11.8 Å². The summed E-state index contributed by atoms with van der Waals surface area (Å²) < 4.78 is 4.94. The Bertz CT molecular complexity index is 143. The van der Waals surface area contributed by atoms with Crippen molar-refractivity contribution < 1.29 is 4.74 Å². The predicted octanol–water partition coefficient (Wildman–Crippen LogP) is 0.260. The van der Waals surface area contributed by atoms with Crippen molar-refractivity contribution in [2.24, 2.45) is 5.73 Å². The van der Waals surface area contributed by atoms with Gasteiger partial charge in [0.1, 0.15) is 0 Å². The maximum atomic E-state index is 5.52. The molecule has 2 N–H and O–H groups in total. The molecule has 0 aliphatic carbocycles. The first-order valence-electron chi connectivity index (χ1n) is 2.18. The summed E-state index contributed by atoms with van der Waals surface area (Å²) in [4.78, 5) is 0. The van der Waals surface area contributed by atoms with Crippen molar-refractivity contribution in [2.75, 3.05) is 5.75 Å². The van der Waals surface area contributed by atoms with Crippen molar-refractivity contribution in [3.63, 3.8) is 0 Å². The summed E-state index contributed by atoms with van der Waals surface area (Å²) in [5.41, 5.74) is 5.52. The first kappa shape index (κ1) is 3.80.